The normalized spacial score (nSPS) is 11.1. The molecular formula is C27H32N2O5S. The fourth-order valence-electron chi connectivity index (χ4n) is 3.56. The van der Waals surface area contributed by atoms with Crippen molar-refractivity contribution in [2.75, 3.05) is 30.3 Å². The van der Waals surface area contributed by atoms with Crippen LogP contribution in [0.15, 0.2) is 66.7 Å². The second kappa shape index (κ2) is 11.8. The fraction of sp³-hybridized carbons (Fsp3) is 0.296. The molecular weight excluding hydrogens is 464 g/mol. The summed E-state index contributed by atoms with van der Waals surface area (Å²) in [5.41, 5.74) is 3.95. The van der Waals surface area contributed by atoms with Gasteiger partial charge in [0, 0.05) is 5.56 Å². The summed E-state index contributed by atoms with van der Waals surface area (Å²) in [6.45, 7) is 7.15. The van der Waals surface area contributed by atoms with Gasteiger partial charge in [-0.15, -0.1) is 0 Å². The molecule has 3 aromatic carbocycles. The minimum Gasteiger partial charge on any atom is -0.492 e. The third kappa shape index (κ3) is 6.99. The highest BCUT2D eigenvalue weighted by molar-refractivity contribution is 7.92. The summed E-state index contributed by atoms with van der Waals surface area (Å²) in [4.78, 5) is 12.5. The number of ether oxygens (including phenoxy) is 2. The number of amides is 1. The minimum absolute atomic E-state index is 0.120. The van der Waals surface area contributed by atoms with E-state index in [0.717, 1.165) is 28.7 Å². The topological polar surface area (TPSA) is 84.9 Å². The summed E-state index contributed by atoms with van der Waals surface area (Å²) in [7, 11) is -3.57. The van der Waals surface area contributed by atoms with Crippen molar-refractivity contribution in [3.63, 3.8) is 0 Å². The predicted octanol–water partition coefficient (Wildman–Crippen LogP) is 4.48. The zero-order chi connectivity index (χ0) is 25.4. The average molecular weight is 497 g/mol. The molecule has 1 amide bonds. The summed E-state index contributed by atoms with van der Waals surface area (Å²) in [6, 6.07) is 19.8. The van der Waals surface area contributed by atoms with Gasteiger partial charge in [0.05, 0.1) is 31.6 Å². The smallest absolute Gasteiger partial charge is 0.251 e. The molecule has 0 saturated heterocycles. The van der Waals surface area contributed by atoms with Gasteiger partial charge in [0.2, 0.25) is 10.0 Å². The molecule has 0 aliphatic heterocycles. The maximum atomic E-state index is 12.6. The molecule has 3 rings (SSSR count). The molecule has 0 radical (unpaired) electrons. The summed E-state index contributed by atoms with van der Waals surface area (Å²) in [6.07, 6.45) is 1.16. The van der Waals surface area contributed by atoms with Crippen LogP contribution in [0.2, 0.25) is 0 Å². The number of anilines is 1. The van der Waals surface area contributed by atoms with Crippen LogP contribution in [0, 0.1) is 13.8 Å². The predicted molar refractivity (Wildman–Crippen MR) is 139 cm³/mol. The molecule has 3 aromatic rings. The third-order valence-electron chi connectivity index (χ3n) is 5.58. The van der Waals surface area contributed by atoms with Crippen LogP contribution in [0.3, 0.4) is 0 Å². The Morgan fingerprint density at radius 1 is 0.914 bits per heavy atom. The summed E-state index contributed by atoms with van der Waals surface area (Å²) < 4.78 is 37.8. The second-order valence-electron chi connectivity index (χ2n) is 8.17. The summed E-state index contributed by atoms with van der Waals surface area (Å²) >= 11 is 0. The van der Waals surface area contributed by atoms with Gasteiger partial charge >= 0.3 is 0 Å². The largest absolute Gasteiger partial charge is 0.492 e. The van der Waals surface area contributed by atoms with E-state index in [2.05, 4.69) is 5.32 Å². The molecule has 0 aromatic heterocycles. The minimum atomic E-state index is -3.57. The number of hydrogen-bond donors (Lipinski definition) is 1. The van der Waals surface area contributed by atoms with E-state index >= 15 is 0 Å². The van der Waals surface area contributed by atoms with E-state index in [0.29, 0.717) is 36.8 Å². The van der Waals surface area contributed by atoms with Gasteiger partial charge in [-0.25, -0.2) is 8.42 Å². The second-order valence-corrected chi connectivity index (χ2v) is 10.1. The van der Waals surface area contributed by atoms with E-state index in [9.17, 15) is 13.2 Å². The number of rotatable bonds is 11. The van der Waals surface area contributed by atoms with Crippen LogP contribution in [0.4, 0.5) is 5.69 Å². The fourth-order valence-corrected chi connectivity index (χ4v) is 4.45. The van der Waals surface area contributed by atoms with Crippen molar-refractivity contribution in [3.8, 4) is 11.5 Å². The highest BCUT2D eigenvalue weighted by Crippen LogP contribution is 2.31. The first-order valence-corrected chi connectivity index (χ1v) is 13.3. The van der Waals surface area contributed by atoms with Gasteiger partial charge in [-0.2, -0.15) is 0 Å². The molecule has 0 fully saturated rings. The molecule has 0 unspecified atom stereocenters. The van der Waals surface area contributed by atoms with E-state index in [1.165, 1.54) is 4.31 Å². The third-order valence-corrected chi connectivity index (χ3v) is 6.70. The number of hydrogen-bond acceptors (Lipinski definition) is 5. The van der Waals surface area contributed by atoms with Crippen molar-refractivity contribution in [3.05, 3.63) is 89.0 Å². The zero-order valence-electron chi connectivity index (χ0n) is 20.6. The maximum absolute atomic E-state index is 12.6. The van der Waals surface area contributed by atoms with Crippen molar-refractivity contribution >= 4 is 21.6 Å². The lowest BCUT2D eigenvalue weighted by Crippen LogP contribution is -2.30. The Morgan fingerprint density at radius 2 is 1.60 bits per heavy atom. The number of nitrogens with one attached hydrogen (secondary N) is 1. The molecule has 0 heterocycles. The van der Waals surface area contributed by atoms with Crippen LogP contribution >= 0.6 is 0 Å². The SMILES string of the molecule is CCOc1ccccc1N(Cc1ccc(C(=O)NCCOc2cccc(C)c2C)cc1)S(C)(=O)=O. The molecule has 8 heteroatoms. The molecule has 0 aliphatic rings. The lowest BCUT2D eigenvalue weighted by molar-refractivity contribution is 0.0947. The maximum Gasteiger partial charge on any atom is 0.251 e. The number of benzene rings is 3. The van der Waals surface area contributed by atoms with Gasteiger partial charge < -0.3 is 14.8 Å². The summed E-state index contributed by atoms with van der Waals surface area (Å²) in [5.74, 6) is 1.09. The number of carbonyl (C=O) groups is 1. The van der Waals surface area contributed by atoms with E-state index in [-0.39, 0.29) is 12.5 Å². The van der Waals surface area contributed by atoms with Crippen LogP contribution in [-0.4, -0.2) is 40.3 Å². The molecule has 0 spiro atoms. The number of carbonyl (C=O) groups excluding carboxylic acids is 1. The van der Waals surface area contributed by atoms with Crippen molar-refractivity contribution < 1.29 is 22.7 Å². The Bertz CT molecular complexity index is 1260. The van der Waals surface area contributed by atoms with E-state index < -0.39 is 10.0 Å². The van der Waals surface area contributed by atoms with Crippen molar-refractivity contribution in [1.29, 1.82) is 0 Å². The van der Waals surface area contributed by atoms with Crippen LogP contribution in [0.25, 0.3) is 0 Å². The Morgan fingerprint density at radius 3 is 2.29 bits per heavy atom. The highest BCUT2D eigenvalue weighted by Gasteiger charge is 2.21. The molecule has 186 valence electrons. The zero-order valence-corrected chi connectivity index (χ0v) is 21.4. The Hall–Kier alpha value is -3.52. The van der Waals surface area contributed by atoms with Crippen molar-refractivity contribution in [2.45, 2.75) is 27.3 Å². The van der Waals surface area contributed by atoms with Crippen LogP contribution < -0.4 is 19.1 Å². The van der Waals surface area contributed by atoms with Crippen LogP contribution in [0.5, 0.6) is 11.5 Å². The molecule has 0 saturated carbocycles. The van der Waals surface area contributed by atoms with Crippen LogP contribution in [-0.2, 0) is 16.6 Å². The molecule has 0 aliphatic carbocycles. The first-order valence-electron chi connectivity index (χ1n) is 11.5. The van der Waals surface area contributed by atoms with E-state index in [1.807, 2.05) is 39.0 Å². The molecule has 7 nitrogen and oxygen atoms in total. The quantitative estimate of drug-likeness (QED) is 0.396. The highest BCUT2D eigenvalue weighted by atomic mass is 32.2. The van der Waals surface area contributed by atoms with Crippen molar-refractivity contribution in [1.82, 2.24) is 5.32 Å². The summed E-state index contributed by atoms with van der Waals surface area (Å²) in [5, 5.41) is 2.85. The number of sulfonamides is 1. The Balaban J connectivity index is 1.62. The lowest BCUT2D eigenvalue weighted by Gasteiger charge is -2.24. The first-order chi connectivity index (χ1) is 16.7. The number of nitrogens with zero attached hydrogens (tertiary/aromatic N) is 1. The molecule has 35 heavy (non-hydrogen) atoms. The van der Waals surface area contributed by atoms with Crippen molar-refractivity contribution in [2.24, 2.45) is 0 Å². The monoisotopic (exact) mass is 496 g/mol. The standard InChI is InChI=1S/C27H32N2O5S/c1-5-33-26-11-7-6-10-24(26)29(35(4,31)32)19-22-13-15-23(16-14-22)27(30)28-17-18-34-25-12-8-9-20(2)21(25)3/h6-16H,5,17-19H2,1-4H3,(H,28,30). The van der Waals surface area contributed by atoms with Crippen LogP contribution in [0.1, 0.15) is 34.0 Å². The van der Waals surface area contributed by atoms with Gasteiger partial charge in [0.15, 0.2) is 0 Å². The average Bonchev–Trinajstić information content (AvgIpc) is 2.83. The van der Waals surface area contributed by atoms with Gasteiger partial charge in [-0.1, -0.05) is 36.4 Å². The first kappa shape index (κ1) is 26.1. The Kier molecular flexibility index (Phi) is 8.76. The Labute approximate surface area is 207 Å². The van der Waals surface area contributed by atoms with Gasteiger partial charge in [0.25, 0.3) is 5.91 Å². The lowest BCUT2D eigenvalue weighted by atomic mass is 10.1. The van der Waals surface area contributed by atoms with E-state index in [1.54, 1.807) is 48.5 Å². The molecule has 1 N–H and O–H groups in total. The molecule has 0 bridgehead atoms. The van der Waals surface area contributed by atoms with E-state index in [4.69, 9.17) is 9.47 Å². The number of aryl methyl sites for hydroxylation is 1. The van der Waals surface area contributed by atoms with Gasteiger partial charge in [0.1, 0.15) is 18.1 Å². The van der Waals surface area contributed by atoms with Gasteiger partial charge in [-0.05, 0) is 67.8 Å². The van der Waals surface area contributed by atoms with Gasteiger partial charge in [-0.3, -0.25) is 9.10 Å². The number of para-hydroxylation sites is 2. The molecule has 0 atom stereocenters.